The predicted octanol–water partition coefficient (Wildman–Crippen LogP) is 10.5. The fraction of sp³-hybridized carbons (Fsp3) is 0.929. The van der Waals surface area contributed by atoms with E-state index in [4.69, 9.17) is 14.3 Å². The Morgan fingerprint density at radius 1 is 0.588 bits per heavy atom. The fourth-order valence-corrected chi connectivity index (χ4v) is 6.44. The topological polar surface area (TPSA) is 101 Å². The third-order valence-electron chi connectivity index (χ3n) is 9.64. The van der Waals surface area contributed by atoms with Gasteiger partial charge in [-0.2, -0.15) is 0 Å². The van der Waals surface area contributed by atoms with Crippen molar-refractivity contribution in [2.75, 3.05) is 46.9 Å². The Labute approximate surface area is 315 Å². The molecule has 0 radical (unpaired) electrons. The summed E-state index contributed by atoms with van der Waals surface area (Å²) in [4.78, 5) is 32.1. The van der Waals surface area contributed by atoms with Gasteiger partial charge < -0.3 is 29.8 Å². The maximum Gasteiger partial charge on any atom is 0.306 e. The third kappa shape index (κ3) is 34.8. The first-order chi connectivity index (χ1) is 25.0. The molecule has 0 aromatic carbocycles. The lowest BCUT2D eigenvalue weighted by Crippen LogP contribution is -2.37. The molecule has 2 N–H and O–H groups in total. The van der Waals surface area contributed by atoms with Crippen LogP contribution in [0.3, 0.4) is 0 Å². The number of rotatable bonds is 38. The largest absolute Gasteiger partial charge is 0.466 e. The zero-order chi connectivity index (χ0) is 37.5. The number of ether oxygens (including phenoxy) is 2. The molecule has 0 fully saturated rings. The second kappa shape index (κ2) is 39.2. The molecule has 51 heavy (non-hydrogen) atoms. The van der Waals surface area contributed by atoms with Gasteiger partial charge in [-0.15, -0.1) is 0 Å². The Morgan fingerprint density at radius 2 is 1.06 bits per heavy atom. The summed E-state index contributed by atoms with van der Waals surface area (Å²) < 4.78 is 11.4. The minimum Gasteiger partial charge on any atom is -0.466 e. The van der Waals surface area contributed by atoms with Gasteiger partial charge in [-0.05, 0) is 89.0 Å². The third-order valence-corrected chi connectivity index (χ3v) is 9.64. The zero-order valence-corrected chi connectivity index (χ0v) is 34.3. The number of hydrogen-bond donors (Lipinski definition) is 2. The van der Waals surface area contributed by atoms with Crippen molar-refractivity contribution >= 4 is 17.9 Å². The molecule has 0 aliphatic rings. The number of oxime groups is 1. The number of carbonyl (C=O) groups excluding carboxylic acids is 2. The Morgan fingerprint density at radius 3 is 1.65 bits per heavy atom. The molecule has 0 bridgehead atoms. The molecule has 0 aromatic rings. The smallest absolute Gasteiger partial charge is 0.306 e. The average molecular weight is 725 g/mol. The second-order valence-electron chi connectivity index (χ2n) is 14.5. The Balaban J connectivity index is 4.32. The highest BCUT2D eigenvalue weighted by atomic mass is 16.6. The first-order valence-electron chi connectivity index (χ1n) is 21.6. The van der Waals surface area contributed by atoms with Gasteiger partial charge in [0, 0.05) is 26.4 Å². The van der Waals surface area contributed by atoms with Crippen LogP contribution in [0, 0.1) is 0 Å². The van der Waals surface area contributed by atoms with Crippen LogP contribution in [0.25, 0.3) is 0 Å². The van der Waals surface area contributed by atoms with Crippen LogP contribution in [-0.4, -0.2) is 75.8 Å². The molecule has 0 spiro atoms. The van der Waals surface area contributed by atoms with Crippen LogP contribution in [0.15, 0.2) is 5.16 Å². The summed E-state index contributed by atoms with van der Waals surface area (Å²) in [5, 5.41) is 10.3. The first-order valence-corrected chi connectivity index (χ1v) is 21.6. The summed E-state index contributed by atoms with van der Waals surface area (Å²) in [6.45, 7) is 11.4. The lowest BCUT2D eigenvalue weighted by atomic mass is 10.0. The molecule has 0 aliphatic heterocycles. The van der Waals surface area contributed by atoms with E-state index in [1.54, 1.807) is 7.11 Å². The summed E-state index contributed by atoms with van der Waals surface area (Å²) >= 11 is 0. The van der Waals surface area contributed by atoms with E-state index in [9.17, 15) is 9.59 Å². The Kier molecular flexibility index (Phi) is 37.6. The molecule has 302 valence electrons. The summed E-state index contributed by atoms with van der Waals surface area (Å²) in [6.07, 6.45) is 31.2. The van der Waals surface area contributed by atoms with Crippen LogP contribution in [0.4, 0.5) is 0 Å². The van der Waals surface area contributed by atoms with Crippen LogP contribution >= 0.6 is 0 Å². The highest BCUT2D eigenvalue weighted by Gasteiger charge is 2.14. The van der Waals surface area contributed by atoms with Crippen LogP contribution < -0.4 is 10.6 Å². The van der Waals surface area contributed by atoms with Crippen molar-refractivity contribution in [3.8, 4) is 0 Å². The summed E-state index contributed by atoms with van der Waals surface area (Å²) in [5.74, 6) is 0.630. The van der Waals surface area contributed by atoms with Crippen molar-refractivity contribution in [2.45, 2.75) is 207 Å². The molecule has 0 aromatic heterocycles. The van der Waals surface area contributed by atoms with E-state index >= 15 is 0 Å². The minimum atomic E-state index is -0.0279. The van der Waals surface area contributed by atoms with E-state index in [2.05, 4.69) is 41.5 Å². The van der Waals surface area contributed by atoms with Crippen LogP contribution in [0.5, 0.6) is 0 Å². The molecule has 9 nitrogen and oxygen atoms in total. The van der Waals surface area contributed by atoms with E-state index in [-0.39, 0.29) is 18.0 Å². The molecular formula is C42H84N4O5. The van der Waals surface area contributed by atoms with E-state index in [0.717, 1.165) is 90.4 Å². The van der Waals surface area contributed by atoms with Crippen molar-refractivity contribution in [1.82, 2.24) is 15.5 Å². The quantitative estimate of drug-likeness (QED) is 0.0213. The summed E-state index contributed by atoms with van der Waals surface area (Å²) in [7, 11) is 3.39. The molecule has 0 aliphatic carbocycles. The molecule has 0 saturated heterocycles. The number of guanidine groups is 1. The lowest BCUT2D eigenvalue weighted by molar-refractivity contribution is -0.150. The Hall–Kier alpha value is -2.03. The van der Waals surface area contributed by atoms with E-state index in [0.29, 0.717) is 25.4 Å². The van der Waals surface area contributed by atoms with Crippen LogP contribution in [-0.2, 0) is 23.9 Å². The van der Waals surface area contributed by atoms with Gasteiger partial charge in [-0.1, -0.05) is 124 Å². The molecule has 0 saturated carbocycles. The molecule has 0 heterocycles. The highest BCUT2D eigenvalue weighted by molar-refractivity contribution is 5.78. The SMILES string of the molecule is CCCCCCCCOC(=O)CCCCCCCN(CCCCCCCC(=O)OC(CCCCC)CCCCCC)CCCN/C(=N/OC)NC. The first kappa shape index (κ1) is 49.0. The molecule has 9 heteroatoms. The molecule has 0 amide bonds. The molecular weight excluding hydrogens is 640 g/mol. The maximum absolute atomic E-state index is 12.6. The standard InChI is InChI=1S/C42H84N4O5/c1-6-9-12-14-21-28-38-50-40(47)32-24-17-15-19-26-35-46(37-29-34-44-42(43-4)45-49-5)36-27-20-16-18-25-33-41(48)51-39(30-22-11-8-3)31-23-13-10-7-2/h39H,6-38H2,1-5H3,(H2,43,44,45). The van der Waals surface area contributed by atoms with Gasteiger partial charge in [0.05, 0.1) is 6.61 Å². The van der Waals surface area contributed by atoms with Gasteiger partial charge in [0.15, 0.2) is 0 Å². The number of nitrogens with zero attached hydrogens (tertiary/aromatic N) is 2. The molecule has 1 unspecified atom stereocenters. The van der Waals surface area contributed by atoms with Crippen molar-refractivity contribution in [3.63, 3.8) is 0 Å². The van der Waals surface area contributed by atoms with Gasteiger partial charge in [0.1, 0.15) is 13.2 Å². The number of nitrogens with one attached hydrogen (secondary N) is 2. The number of esters is 2. The van der Waals surface area contributed by atoms with E-state index in [1.807, 2.05) is 7.05 Å². The normalized spacial score (nSPS) is 12.2. The molecule has 0 rings (SSSR count). The second-order valence-corrected chi connectivity index (χ2v) is 14.5. The van der Waals surface area contributed by atoms with Crippen molar-refractivity contribution in [3.05, 3.63) is 0 Å². The molecule has 1 atom stereocenters. The van der Waals surface area contributed by atoms with Crippen molar-refractivity contribution < 1.29 is 23.9 Å². The monoisotopic (exact) mass is 725 g/mol. The summed E-state index contributed by atoms with van der Waals surface area (Å²) in [6, 6.07) is 0. The zero-order valence-electron chi connectivity index (χ0n) is 34.3. The number of unbranched alkanes of at least 4 members (excludes halogenated alkanes) is 18. The highest BCUT2D eigenvalue weighted by Crippen LogP contribution is 2.17. The Bertz CT molecular complexity index is 797. The number of carbonyl (C=O) groups is 2. The van der Waals surface area contributed by atoms with E-state index in [1.165, 1.54) is 103 Å². The average Bonchev–Trinajstić information content (AvgIpc) is 3.12. The van der Waals surface area contributed by atoms with Crippen molar-refractivity contribution in [1.29, 1.82) is 0 Å². The van der Waals surface area contributed by atoms with Gasteiger partial charge >= 0.3 is 11.9 Å². The van der Waals surface area contributed by atoms with Gasteiger partial charge in [-0.25, -0.2) is 0 Å². The van der Waals surface area contributed by atoms with E-state index < -0.39 is 0 Å². The van der Waals surface area contributed by atoms with Crippen molar-refractivity contribution in [2.24, 2.45) is 5.16 Å². The van der Waals surface area contributed by atoms with Gasteiger partial charge in [-0.3, -0.25) is 9.59 Å². The summed E-state index contributed by atoms with van der Waals surface area (Å²) in [5.41, 5.74) is 0. The predicted molar refractivity (Wildman–Crippen MR) is 215 cm³/mol. The minimum absolute atomic E-state index is 0.00665. The number of hydrogen-bond acceptors (Lipinski definition) is 7. The lowest BCUT2D eigenvalue weighted by Gasteiger charge is -2.22. The maximum atomic E-state index is 12.6. The van der Waals surface area contributed by atoms with Crippen LogP contribution in [0.1, 0.15) is 201 Å². The van der Waals surface area contributed by atoms with Crippen LogP contribution in [0.2, 0.25) is 0 Å². The van der Waals surface area contributed by atoms with Gasteiger partial charge in [0.25, 0.3) is 0 Å². The van der Waals surface area contributed by atoms with Gasteiger partial charge in [0.2, 0.25) is 5.96 Å². The fourth-order valence-electron chi connectivity index (χ4n) is 6.44.